The van der Waals surface area contributed by atoms with Gasteiger partial charge in [-0.15, -0.1) is 0 Å². The number of nitrogens with zero attached hydrogens (tertiary/aromatic N) is 1. The van der Waals surface area contributed by atoms with Gasteiger partial charge < -0.3 is 18.8 Å². The summed E-state index contributed by atoms with van der Waals surface area (Å²) in [7, 11) is 0. The fourth-order valence-corrected chi connectivity index (χ4v) is 2.87. The molecule has 3 rings (SSSR count). The van der Waals surface area contributed by atoms with Crippen LogP contribution in [0.1, 0.15) is 19.1 Å². The van der Waals surface area contributed by atoms with Crippen molar-refractivity contribution < 1.29 is 18.7 Å². The highest BCUT2D eigenvalue weighted by Crippen LogP contribution is 2.25. The molecule has 25 heavy (non-hydrogen) atoms. The van der Waals surface area contributed by atoms with Crippen molar-refractivity contribution in [3.63, 3.8) is 0 Å². The Morgan fingerprint density at radius 2 is 1.96 bits per heavy atom. The second-order valence-electron chi connectivity index (χ2n) is 6.21. The van der Waals surface area contributed by atoms with Crippen molar-refractivity contribution in [3.05, 3.63) is 61.1 Å². The maximum Gasteiger partial charge on any atom is 0.246 e. The lowest BCUT2D eigenvalue weighted by molar-refractivity contribution is -0.152. The number of rotatable bonds is 7. The summed E-state index contributed by atoms with van der Waals surface area (Å²) in [6, 6.07) is 12.0. The molecule has 1 aliphatic rings. The first-order valence-electron chi connectivity index (χ1n) is 8.42. The summed E-state index contributed by atoms with van der Waals surface area (Å²) in [5, 5.41) is 0. The van der Waals surface area contributed by atoms with E-state index < -0.39 is 5.79 Å². The summed E-state index contributed by atoms with van der Waals surface area (Å²) in [4.78, 5) is 13.9. The molecule has 0 atom stereocenters. The summed E-state index contributed by atoms with van der Waals surface area (Å²) in [5.74, 6) is -0.0374. The smallest absolute Gasteiger partial charge is 0.246 e. The maximum absolute atomic E-state index is 12.2. The Morgan fingerprint density at radius 3 is 2.64 bits per heavy atom. The van der Waals surface area contributed by atoms with Gasteiger partial charge in [-0.2, -0.15) is 0 Å². The second kappa shape index (κ2) is 7.68. The number of ether oxygens (including phenoxy) is 2. The topological polar surface area (TPSA) is 51.9 Å². The Labute approximate surface area is 147 Å². The molecular weight excluding hydrogens is 318 g/mol. The molecule has 0 N–H and O–H groups in total. The minimum absolute atomic E-state index is 0.140. The summed E-state index contributed by atoms with van der Waals surface area (Å²) in [6.45, 7) is 7.55. The molecule has 1 saturated heterocycles. The molecule has 5 nitrogen and oxygen atoms in total. The Kier molecular flexibility index (Phi) is 5.36. The minimum atomic E-state index is -0.627. The number of furan rings is 1. The molecule has 0 spiro atoms. The van der Waals surface area contributed by atoms with E-state index in [1.165, 1.54) is 6.08 Å². The standard InChI is InChI=1S/C20H23NO4/c1-3-19(22)21(10-9-20(2)24-11-12-25-20)14-18-13-17(15-23-18)16-7-5-4-6-8-16/h3-8,13,15H,1,9-12,14H2,2H3. The third kappa shape index (κ3) is 4.38. The zero-order valence-electron chi connectivity index (χ0n) is 14.4. The van der Waals surface area contributed by atoms with Crippen LogP contribution in [0.3, 0.4) is 0 Å². The van der Waals surface area contributed by atoms with E-state index >= 15 is 0 Å². The summed E-state index contributed by atoms with van der Waals surface area (Å²) in [5.41, 5.74) is 2.08. The molecule has 0 bridgehead atoms. The van der Waals surface area contributed by atoms with Crippen molar-refractivity contribution in [2.24, 2.45) is 0 Å². The highest BCUT2D eigenvalue weighted by molar-refractivity contribution is 5.86. The van der Waals surface area contributed by atoms with Gasteiger partial charge in [0.1, 0.15) is 5.76 Å². The van der Waals surface area contributed by atoms with Gasteiger partial charge in [-0.3, -0.25) is 4.79 Å². The Balaban J connectivity index is 1.67. The zero-order chi connectivity index (χ0) is 17.7. The molecule has 1 aliphatic heterocycles. The van der Waals surface area contributed by atoms with Crippen molar-refractivity contribution in [2.75, 3.05) is 19.8 Å². The third-order valence-electron chi connectivity index (χ3n) is 4.33. The van der Waals surface area contributed by atoms with E-state index in [-0.39, 0.29) is 5.91 Å². The first-order chi connectivity index (χ1) is 12.1. The lowest BCUT2D eigenvalue weighted by atomic mass is 10.1. The first-order valence-corrected chi connectivity index (χ1v) is 8.42. The van der Waals surface area contributed by atoms with Crippen LogP contribution in [0.25, 0.3) is 11.1 Å². The van der Waals surface area contributed by atoms with Gasteiger partial charge in [-0.1, -0.05) is 36.9 Å². The molecule has 1 fully saturated rings. The van der Waals surface area contributed by atoms with Gasteiger partial charge in [0.2, 0.25) is 5.91 Å². The van der Waals surface area contributed by atoms with Gasteiger partial charge in [0.25, 0.3) is 0 Å². The van der Waals surface area contributed by atoms with Gasteiger partial charge in [0.15, 0.2) is 5.79 Å². The summed E-state index contributed by atoms with van der Waals surface area (Å²) >= 11 is 0. The molecule has 0 saturated carbocycles. The lowest BCUT2D eigenvalue weighted by Gasteiger charge is -2.27. The number of carbonyl (C=O) groups excluding carboxylic acids is 1. The fourth-order valence-electron chi connectivity index (χ4n) is 2.87. The number of hydrogen-bond donors (Lipinski definition) is 0. The van der Waals surface area contributed by atoms with Gasteiger partial charge in [0, 0.05) is 18.5 Å². The Morgan fingerprint density at radius 1 is 1.24 bits per heavy atom. The third-order valence-corrected chi connectivity index (χ3v) is 4.33. The average Bonchev–Trinajstić information content (AvgIpc) is 3.28. The fraction of sp³-hybridized carbons (Fsp3) is 0.350. The molecular formula is C20H23NO4. The molecule has 2 aromatic rings. The molecule has 1 amide bonds. The van der Waals surface area contributed by atoms with Gasteiger partial charge in [-0.05, 0) is 24.6 Å². The van der Waals surface area contributed by atoms with Crippen LogP contribution in [0.5, 0.6) is 0 Å². The summed E-state index contributed by atoms with van der Waals surface area (Å²) < 4.78 is 16.9. The van der Waals surface area contributed by atoms with Crippen LogP contribution in [0.15, 0.2) is 59.7 Å². The largest absolute Gasteiger partial charge is 0.467 e. The van der Waals surface area contributed by atoms with Crippen LogP contribution in [0.2, 0.25) is 0 Å². The van der Waals surface area contributed by atoms with Crippen molar-refractivity contribution >= 4 is 5.91 Å². The molecule has 5 heteroatoms. The van der Waals surface area contributed by atoms with E-state index in [9.17, 15) is 4.79 Å². The first kappa shape index (κ1) is 17.5. The Hall–Kier alpha value is -2.37. The molecule has 1 aromatic carbocycles. The molecule has 132 valence electrons. The SMILES string of the molecule is C=CC(=O)N(CCC1(C)OCCO1)Cc1cc(-c2ccccc2)co1. The molecule has 0 radical (unpaired) electrons. The maximum atomic E-state index is 12.2. The molecule has 1 aromatic heterocycles. The van der Waals surface area contributed by atoms with Crippen LogP contribution in [0, 0.1) is 0 Å². The van der Waals surface area contributed by atoms with Crippen molar-refractivity contribution in [1.82, 2.24) is 4.90 Å². The van der Waals surface area contributed by atoms with Crippen molar-refractivity contribution in [1.29, 1.82) is 0 Å². The zero-order valence-corrected chi connectivity index (χ0v) is 14.4. The quantitative estimate of drug-likeness (QED) is 0.722. The number of hydrogen-bond acceptors (Lipinski definition) is 4. The van der Waals surface area contributed by atoms with Crippen molar-refractivity contribution in [2.45, 2.75) is 25.7 Å². The molecule has 0 unspecified atom stereocenters. The van der Waals surface area contributed by atoms with E-state index in [0.717, 1.165) is 16.9 Å². The van der Waals surface area contributed by atoms with Crippen LogP contribution in [0.4, 0.5) is 0 Å². The average molecular weight is 341 g/mol. The van der Waals surface area contributed by atoms with E-state index in [4.69, 9.17) is 13.9 Å². The minimum Gasteiger partial charge on any atom is -0.467 e. The van der Waals surface area contributed by atoms with Crippen LogP contribution < -0.4 is 0 Å². The predicted molar refractivity (Wildman–Crippen MR) is 94.7 cm³/mol. The molecule has 0 aliphatic carbocycles. The number of amides is 1. The lowest BCUT2D eigenvalue weighted by Crippen LogP contribution is -2.36. The number of carbonyl (C=O) groups is 1. The van der Waals surface area contributed by atoms with E-state index in [0.29, 0.717) is 32.7 Å². The van der Waals surface area contributed by atoms with Crippen LogP contribution >= 0.6 is 0 Å². The van der Waals surface area contributed by atoms with E-state index in [1.807, 2.05) is 43.3 Å². The Bertz CT molecular complexity index is 716. The van der Waals surface area contributed by atoms with E-state index in [2.05, 4.69) is 6.58 Å². The predicted octanol–water partition coefficient (Wildman–Crippen LogP) is 3.61. The van der Waals surface area contributed by atoms with Gasteiger partial charge >= 0.3 is 0 Å². The van der Waals surface area contributed by atoms with Crippen LogP contribution in [-0.4, -0.2) is 36.4 Å². The second-order valence-corrected chi connectivity index (χ2v) is 6.21. The number of benzene rings is 1. The highest BCUT2D eigenvalue weighted by Gasteiger charge is 2.31. The van der Waals surface area contributed by atoms with Crippen molar-refractivity contribution in [3.8, 4) is 11.1 Å². The van der Waals surface area contributed by atoms with Gasteiger partial charge in [-0.25, -0.2) is 0 Å². The van der Waals surface area contributed by atoms with E-state index in [1.54, 1.807) is 11.2 Å². The van der Waals surface area contributed by atoms with Crippen LogP contribution in [-0.2, 0) is 20.8 Å². The monoisotopic (exact) mass is 341 g/mol. The summed E-state index contributed by atoms with van der Waals surface area (Å²) in [6.07, 6.45) is 3.63. The highest BCUT2D eigenvalue weighted by atomic mass is 16.7. The normalized spacial score (nSPS) is 15.9. The van der Waals surface area contributed by atoms with Gasteiger partial charge in [0.05, 0.1) is 26.0 Å². The molecule has 2 heterocycles.